The Kier molecular flexibility index (Phi) is 6.71. The van der Waals surface area contributed by atoms with Crippen molar-refractivity contribution in [3.05, 3.63) is 22.4 Å². The zero-order valence-corrected chi connectivity index (χ0v) is 9.69. The van der Waals surface area contributed by atoms with Crippen LogP contribution in [0.3, 0.4) is 0 Å². The lowest BCUT2D eigenvalue weighted by molar-refractivity contribution is 0.599. The van der Waals surface area contributed by atoms with E-state index in [2.05, 4.69) is 17.5 Å². The second kappa shape index (κ2) is 8.01. The molecular formula is C12H21NS. The van der Waals surface area contributed by atoms with Crippen LogP contribution in [0.1, 0.15) is 43.4 Å². The number of thiophene rings is 1. The average Bonchev–Trinajstić information content (AvgIpc) is 2.69. The van der Waals surface area contributed by atoms with E-state index in [4.69, 9.17) is 5.73 Å². The van der Waals surface area contributed by atoms with E-state index in [9.17, 15) is 0 Å². The molecule has 0 saturated heterocycles. The van der Waals surface area contributed by atoms with Gasteiger partial charge in [0.05, 0.1) is 0 Å². The number of rotatable bonds is 8. The van der Waals surface area contributed by atoms with Crippen LogP contribution in [0.15, 0.2) is 17.5 Å². The number of hydrogen-bond donors (Lipinski definition) is 1. The van der Waals surface area contributed by atoms with Crippen molar-refractivity contribution in [2.75, 3.05) is 6.54 Å². The smallest absolute Gasteiger partial charge is 0.00452 e. The van der Waals surface area contributed by atoms with Crippen LogP contribution in [0.2, 0.25) is 0 Å². The third-order valence-corrected chi connectivity index (χ3v) is 3.39. The summed E-state index contributed by atoms with van der Waals surface area (Å²) in [6.45, 7) is 0.856. The Labute approximate surface area is 91.3 Å². The van der Waals surface area contributed by atoms with E-state index in [1.807, 2.05) is 11.3 Å². The second-order valence-corrected chi connectivity index (χ2v) is 4.77. The molecule has 0 atom stereocenters. The third kappa shape index (κ3) is 5.40. The SMILES string of the molecule is NCCCCCCCCc1cccs1. The van der Waals surface area contributed by atoms with Gasteiger partial charge in [-0.1, -0.05) is 31.7 Å². The predicted molar refractivity (Wildman–Crippen MR) is 64.8 cm³/mol. The minimum Gasteiger partial charge on any atom is -0.330 e. The molecule has 1 aromatic rings. The highest BCUT2D eigenvalue weighted by molar-refractivity contribution is 7.09. The summed E-state index contributed by atoms with van der Waals surface area (Å²) in [7, 11) is 0. The van der Waals surface area contributed by atoms with E-state index >= 15 is 0 Å². The van der Waals surface area contributed by atoms with Crippen LogP contribution in [-0.2, 0) is 6.42 Å². The second-order valence-electron chi connectivity index (χ2n) is 3.74. The van der Waals surface area contributed by atoms with E-state index in [1.165, 1.54) is 49.8 Å². The van der Waals surface area contributed by atoms with Crippen LogP contribution in [0.4, 0.5) is 0 Å². The van der Waals surface area contributed by atoms with Gasteiger partial charge in [0.15, 0.2) is 0 Å². The molecular weight excluding hydrogens is 190 g/mol. The lowest BCUT2D eigenvalue weighted by Crippen LogP contribution is -1.97. The van der Waals surface area contributed by atoms with E-state index in [0.717, 1.165) is 6.54 Å². The molecule has 2 N–H and O–H groups in total. The van der Waals surface area contributed by atoms with Crippen LogP contribution in [0, 0.1) is 0 Å². The van der Waals surface area contributed by atoms with Gasteiger partial charge in [0.25, 0.3) is 0 Å². The fourth-order valence-corrected chi connectivity index (χ4v) is 2.36. The number of aryl methyl sites for hydroxylation is 1. The van der Waals surface area contributed by atoms with Gasteiger partial charge < -0.3 is 5.73 Å². The minimum absolute atomic E-state index is 0.856. The Morgan fingerprint density at radius 3 is 2.36 bits per heavy atom. The molecule has 0 spiro atoms. The van der Waals surface area contributed by atoms with Gasteiger partial charge >= 0.3 is 0 Å². The van der Waals surface area contributed by atoms with Crippen LogP contribution < -0.4 is 5.73 Å². The lowest BCUT2D eigenvalue weighted by atomic mass is 10.1. The molecule has 0 aliphatic rings. The van der Waals surface area contributed by atoms with Gasteiger partial charge in [-0.25, -0.2) is 0 Å². The Hall–Kier alpha value is -0.340. The van der Waals surface area contributed by atoms with Crippen molar-refractivity contribution in [2.45, 2.75) is 44.9 Å². The maximum atomic E-state index is 5.43. The van der Waals surface area contributed by atoms with Gasteiger partial charge in [0, 0.05) is 4.88 Å². The van der Waals surface area contributed by atoms with Crippen molar-refractivity contribution in [3.63, 3.8) is 0 Å². The van der Waals surface area contributed by atoms with Gasteiger partial charge in [-0.2, -0.15) is 0 Å². The molecule has 0 amide bonds. The first kappa shape index (κ1) is 11.7. The molecule has 1 heterocycles. The number of unbranched alkanes of at least 4 members (excludes halogenated alkanes) is 5. The molecule has 0 unspecified atom stereocenters. The van der Waals surface area contributed by atoms with Gasteiger partial charge in [-0.05, 0) is 37.3 Å². The van der Waals surface area contributed by atoms with Crippen molar-refractivity contribution in [3.8, 4) is 0 Å². The van der Waals surface area contributed by atoms with Crippen molar-refractivity contribution in [2.24, 2.45) is 5.73 Å². The molecule has 14 heavy (non-hydrogen) atoms. The van der Waals surface area contributed by atoms with Gasteiger partial charge in [0.2, 0.25) is 0 Å². The van der Waals surface area contributed by atoms with E-state index in [-0.39, 0.29) is 0 Å². The predicted octanol–water partition coefficient (Wildman–Crippen LogP) is 3.59. The summed E-state index contributed by atoms with van der Waals surface area (Å²) >= 11 is 1.88. The summed E-state index contributed by atoms with van der Waals surface area (Å²) in [4.78, 5) is 1.53. The largest absolute Gasteiger partial charge is 0.330 e. The third-order valence-electron chi connectivity index (χ3n) is 2.46. The van der Waals surface area contributed by atoms with Gasteiger partial charge in [0.1, 0.15) is 0 Å². The van der Waals surface area contributed by atoms with Crippen LogP contribution in [0.5, 0.6) is 0 Å². The molecule has 0 bridgehead atoms. The topological polar surface area (TPSA) is 26.0 Å². The standard InChI is InChI=1S/C12H21NS/c13-10-6-4-2-1-3-5-8-12-9-7-11-14-12/h7,9,11H,1-6,8,10,13H2. The highest BCUT2D eigenvalue weighted by Gasteiger charge is 1.94. The summed E-state index contributed by atoms with van der Waals surface area (Å²) in [6.07, 6.45) is 9.26. The number of hydrogen-bond acceptors (Lipinski definition) is 2. The van der Waals surface area contributed by atoms with E-state index in [1.54, 1.807) is 0 Å². The van der Waals surface area contributed by atoms with E-state index < -0.39 is 0 Å². The van der Waals surface area contributed by atoms with Crippen LogP contribution in [-0.4, -0.2) is 6.54 Å². The summed E-state index contributed by atoms with van der Waals surface area (Å²) in [5.41, 5.74) is 5.43. The fourth-order valence-electron chi connectivity index (χ4n) is 1.61. The van der Waals surface area contributed by atoms with Crippen molar-refractivity contribution >= 4 is 11.3 Å². The molecule has 1 rings (SSSR count). The molecule has 0 aliphatic carbocycles. The molecule has 0 aliphatic heterocycles. The zero-order chi connectivity index (χ0) is 10.1. The Balaban J connectivity index is 1.85. The van der Waals surface area contributed by atoms with Crippen molar-refractivity contribution in [1.29, 1.82) is 0 Å². The van der Waals surface area contributed by atoms with Crippen LogP contribution in [0.25, 0.3) is 0 Å². The molecule has 0 fully saturated rings. The molecule has 0 radical (unpaired) electrons. The van der Waals surface area contributed by atoms with Gasteiger partial charge in [-0.3, -0.25) is 0 Å². The molecule has 0 saturated carbocycles. The van der Waals surface area contributed by atoms with E-state index in [0.29, 0.717) is 0 Å². The summed E-state index contributed by atoms with van der Waals surface area (Å²) in [6, 6.07) is 4.38. The maximum Gasteiger partial charge on any atom is 0.00452 e. The zero-order valence-electron chi connectivity index (χ0n) is 8.87. The minimum atomic E-state index is 0.856. The monoisotopic (exact) mass is 211 g/mol. The Morgan fingerprint density at radius 1 is 1.00 bits per heavy atom. The summed E-state index contributed by atoms with van der Waals surface area (Å²) < 4.78 is 0. The van der Waals surface area contributed by atoms with Crippen molar-refractivity contribution < 1.29 is 0 Å². The Bertz CT molecular complexity index is 206. The fraction of sp³-hybridized carbons (Fsp3) is 0.667. The molecule has 0 aromatic carbocycles. The molecule has 80 valence electrons. The first-order valence-electron chi connectivity index (χ1n) is 5.66. The Morgan fingerprint density at radius 2 is 1.71 bits per heavy atom. The van der Waals surface area contributed by atoms with Gasteiger partial charge in [-0.15, -0.1) is 11.3 Å². The summed E-state index contributed by atoms with van der Waals surface area (Å²) in [5, 5.41) is 2.16. The first-order chi connectivity index (χ1) is 6.93. The number of nitrogens with two attached hydrogens (primary N) is 1. The molecule has 1 nitrogen and oxygen atoms in total. The highest BCUT2D eigenvalue weighted by Crippen LogP contribution is 2.13. The lowest BCUT2D eigenvalue weighted by Gasteiger charge is -1.99. The quantitative estimate of drug-likeness (QED) is 0.653. The summed E-state index contributed by atoms with van der Waals surface area (Å²) in [5.74, 6) is 0. The average molecular weight is 211 g/mol. The first-order valence-corrected chi connectivity index (χ1v) is 6.54. The van der Waals surface area contributed by atoms with Crippen LogP contribution >= 0.6 is 11.3 Å². The molecule has 1 aromatic heterocycles. The molecule has 2 heteroatoms. The van der Waals surface area contributed by atoms with Crippen molar-refractivity contribution in [1.82, 2.24) is 0 Å². The maximum absolute atomic E-state index is 5.43. The normalized spacial score (nSPS) is 10.6. The highest BCUT2D eigenvalue weighted by atomic mass is 32.1.